The number of rotatable bonds is 3. The number of anilines is 1. The van der Waals surface area contributed by atoms with E-state index >= 15 is 0 Å². The number of benzene rings is 2. The minimum Gasteiger partial charge on any atom is -0.322 e. The van der Waals surface area contributed by atoms with Gasteiger partial charge in [-0.1, -0.05) is 28.1 Å². The van der Waals surface area contributed by atoms with Crippen LogP contribution in [0.4, 0.5) is 5.69 Å². The van der Waals surface area contributed by atoms with E-state index in [-0.39, 0.29) is 5.91 Å². The Kier molecular flexibility index (Phi) is 4.20. The molecule has 23 heavy (non-hydrogen) atoms. The van der Waals surface area contributed by atoms with Gasteiger partial charge in [-0.05, 0) is 60.2 Å². The Labute approximate surface area is 141 Å². The van der Waals surface area contributed by atoms with Crippen LogP contribution in [-0.2, 0) is 0 Å². The van der Waals surface area contributed by atoms with Gasteiger partial charge in [0.2, 0.25) is 0 Å². The van der Waals surface area contributed by atoms with E-state index in [1.165, 1.54) is 0 Å². The third-order valence-corrected chi connectivity index (χ3v) is 3.90. The summed E-state index contributed by atoms with van der Waals surface area (Å²) >= 11 is 3.37. The maximum absolute atomic E-state index is 12.3. The normalized spacial score (nSPS) is 10.6. The molecule has 0 radical (unpaired) electrons. The number of aromatic nitrogens is 4. The van der Waals surface area contributed by atoms with Crippen molar-refractivity contribution in [2.75, 3.05) is 5.32 Å². The van der Waals surface area contributed by atoms with Gasteiger partial charge in [-0.3, -0.25) is 4.79 Å². The molecule has 3 aromatic rings. The molecule has 3 rings (SSSR count). The fourth-order valence-electron chi connectivity index (χ4n) is 2.20. The van der Waals surface area contributed by atoms with Gasteiger partial charge in [0, 0.05) is 15.7 Å². The summed E-state index contributed by atoms with van der Waals surface area (Å²) in [6.45, 7) is 3.79. The second kappa shape index (κ2) is 6.29. The molecule has 6 nitrogen and oxygen atoms in total. The van der Waals surface area contributed by atoms with Crippen molar-refractivity contribution in [2.45, 2.75) is 13.8 Å². The molecular weight excluding hydrogens is 358 g/mol. The van der Waals surface area contributed by atoms with Crippen LogP contribution in [0.2, 0.25) is 0 Å². The molecule has 1 N–H and O–H groups in total. The van der Waals surface area contributed by atoms with E-state index in [0.29, 0.717) is 17.1 Å². The van der Waals surface area contributed by atoms with E-state index in [1.54, 1.807) is 16.8 Å². The molecule has 1 aromatic heterocycles. The Morgan fingerprint density at radius 3 is 2.70 bits per heavy atom. The molecule has 0 aliphatic rings. The van der Waals surface area contributed by atoms with E-state index in [1.807, 2.05) is 44.2 Å². The first-order valence-electron chi connectivity index (χ1n) is 6.97. The highest BCUT2D eigenvalue weighted by Crippen LogP contribution is 2.20. The lowest BCUT2D eigenvalue weighted by Crippen LogP contribution is -2.12. The fraction of sp³-hybridized carbons (Fsp3) is 0.125. The van der Waals surface area contributed by atoms with Crippen molar-refractivity contribution in [2.24, 2.45) is 0 Å². The van der Waals surface area contributed by atoms with Crippen molar-refractivity contribution < 1.29 is 4.79 Å². The average molecular weight is 372 g/mol. The van der Waals surface area contributed by atoms with Crippen molar-refractivity contribution in [3.05, 3.63) is 63.9 Å². The van der Waals surface area contributed by atoms with E-state index in [9.17, 15) is 4.79 Å². The summed E-state index contributed by atoms with van der Waals surface area (Å²) in [5.41, 5.74) is 3.12. The molecule has 0 fully saturated rings. The van der Waals surface area contributed by atoms with E-state index < -0.39 is 0 Å². The van der Waals surface area contributed by atoms with Gasteiger partial charge < -0.3 is 5.32 Å². The van der Waals surface area contributed by atoms with E-state index in [2.05, 4.69) is 36.8 Å². The second-order valence-corrected chi connectivity index (χ2v) is 6.02. The molecule has 1 heterocycles. The van der Waals surface area contributed by atoms with Crippen LogP contribution < -0.4 is 5.32 Å². The Hall–Kier alpha value is -2.54. The van der Waals surface area contributed by atoms with E-state index in [4.69, 9.17) is 0 Å². The van der Waals surface area contributed by atoms with Crippen LogP contribution in [0.3, 0.4) is 0 Å². The highest BCUT2D eigenvalue weighted by Gasteiger charge is 2.11. The summed E-state index contributed by atoms with van der Waals surface area (Å²) in [6, 6.07) is 12.9. The lowest BCUT2D eigenvalue weighted by Gasteiger charge is -2.10. The smallest absolute Gasteiger partial charge is 0.255 e. The summed E-state index contributed by atoms with van der Waals surface area (Å²) in [4.78, 5) is 12.3. The van der Waals surface area contributed by atoms with Gasteiger partial charge in [0.1, 0.15) is 0 Å². The summed E-state index contributed by atoms with van der Waals surface area (Å²) in [5, 5.41) is 14.4. The molecule has 0 unspecified atom stereocenters. The molecule has 7 heteroatoms. The standard InChI is InChI=1S/C16H14BrN5O/c1-10-6-7-14(9-15(10)22-11(2)19-20-21-22)18-16(23)12-4-3-5-13(17)8-12/h3-9H,1-2H3,(H,18,23). The molecular formula is C16H14BrN5O. The Bertz CT molecular complexity index is 874. The first-order valence-corrected chi connectivity index (χ1v) is 7.77. The summed E-state index contributed by atoms with van der Waals surface area (Å²) in [5.74, 6) is 0.512. The third-order valence-electron chi connectivity index (χ3n) is 3.41. The first kappa shape index (κ1) is 15.4. The molecule has 0 atom stereocenters. The quantitative estimate of drug-likeness (QED) is 0.766. The minimum absolute atomic E-state index is 0.172. The summed E-state index contributed by atoms with van der Waals surface area (Å²) in [6.07, 6.45) is 0. The zero-order chi connectivity index (χ0) is 16.4. The Morgan fingerprint density at radius 2 is 2.00 bits per heavy atom. The lowest BCUT2D eigenvalue weighted by atomic mass is 10.1. The number of hydrogen-bond donors (Lipinski definition) is 1. The van der Waals surface area contributed by atoms with Crippen molar-refractivity contribution in [1.82, 2.24) is 20.2 Å². The summed E-state index contributed by atoms with van der Waals surface area (Å²) < 4.78 is 2.50. The average Bonchev–Trinajstić information content (AvgIpc) is 2.95. The highest BCUT2D eigenvalue weighted by atomic mass is 79.9. The Morgan fingerprint density at radius 1 is 1.17 bits per heavy atom. The highest BCUT2D eigenvalue weighted by molar-refractivity contribution is 9.10. The number of nitrogens with zero attached hydrogens (tertiary/aromatic N) is 4. The van der Waals surface area contributed by atoms with Crippen molar-refractivity contribution in [1.29, 1.82) is 0 Å². The van der Waals surface area contributed by atoms with Gasteiger partial charge >= 0.3 is 0 Å². The number of nitrogens with one attached hydrogen (secondary N) is 1. The van der Waals surface area contributed by atoms with Crippen molar-refractivity contribution in [3.8, 4) is 5.69 Å². The predicted molar refractivity (Wildman–Crippen MR) is 90.7 cm³/mol. The van der Waals surface area contributed by atoms with Crippen LogP contribution in [0.25, 0.3) is 5.69 Å². The number of carbonyl (C=O) groups excluding carboxylic acids is 1. The van der Waals surface area contributed by atoms with Gasteiger partial charge in [0.25, 0.3) is 5.91 Å². The van der Waals surface area contributed by atoms with Gasteiger partial charge in [-0.15, -0.1) is 5.10 Å². The van der Waals surface area contributed by atoms with Gasteiger partial charge in [-0.25, -0.2) is 0 Å². The number of tetrazole rings is 1. The molecule has 0 aliphatic heterocycles. The van der Waals surface area contributed by atoms with Gasteiger partial charge in [-0.2, -0.15) is 4.68 Å². The molecule has 0 saturated heterocycles. The molecule has 1 amide bonds. The van der Waals surface area contributed by atoms with Crippen molar-refractivity contribution >= 4 is 27.5 Å². The van der Waals surface area contributed by atoms with Crippen molar-refractivity contribution in [3.63, 3.8) is 0 Å². The molecule has 2 aromatic carbocycles. The predicted octanol–water partition coefficient (Wildman–Crippen LogP) is 3.29. The lowest BCUT2D eigenvalue weighted by molar-refractivity contribution is 0.102. The third kappa shape index (κ3) is 3.29. The fourth-order valence-corrected chi connectivity index (χ4v) is 2.60. The minimum atomic E-state index is -0.172. The molecule has 0 saturated carbocycles. The second-order valence-electron chi connectivity index (χ2n) is 5.10. The van der Waals surface area contributed by atoms with Crippen LogP contribution in [0.1, 0.15) is 21.7 Å². The Balaban J connectivity index is 1.90. The monoisotopic (exact) mass is 371 g/mol. The zero-order valence-corrected chi connectivity index (χ0v) is 14.2. The van der Waals surface area contributed by atoms with Crippen LogP contribution in [0, 0.1) is 13.8 Å². The van der Waals surface area contributed by atoms with E-state index in [0.717, 1.165) is 15.7 Å². The topological polar surface area (TPSA) is 72.7 Å². The molecule has 0 aliphatic carbocycles. The molecule has 116 valence electrons. The van der Waals surface area contributed by atoms with Crippen LogP contribution in [0.5, 0.6) is 0 Å². The number of hydrogen-bond acceptors (Lipinski definition) is 4. The summed E-state index contributed by atoms with van der Waals surface area (Å²) in [7, 11) is 0. The van der Waals surface area contributed by atoms with Crippen LogP contribution in [0.15, 0.2) is 46.9 Å². The maximum atomic E-state index is 12.3. The van der Waals surface area contributed by atoms with Gasteiger partial charge in [0.15, 0.2) is 5.82 Å². The molecule has 0 bridgehead atoms. The zero-order valence-electron chi connectivity index (χ0n) is 12.6. The SMILES string of the molecule is Cc1ccc(NC(=O)c2cccc(Br)c2)cc1-n1nnnc1C. The number of halogens is 1. The molecule has 0 spiro atoms. The number of amides is 1. The van der Waals surface area contributed by atoms with Gasteiger partial charge in [0.05, 0.1) is 5.69 Å². The number of carbonyl (C=O) groups is 1. The number of aryl methyl sites for hydroxylation is 2. The first-order chi connectivity index (χ1) is 11.0. The van der Waals surface area contributed by atoms with Crippen LogP contribution >= 0.6 is 15.9 Å². The maximum Gasteiger partial charge on any atom is 0.255 e. The largest absolute Gasteiger partial charge is 0.322 e. The van der Waals surface area contributed by atoms with Crippen LogP contribution in [-0.4, -0.2) is 26.1 Å².